The number of halogens is 1. The van der Waals surface area contributed by atoms with Crippen molar-refractivity contribution < 1.29 is 9.18 Å². The Morgan fingerprint density at radius 2 is 1.88 bits per heavy atom. The molecule has 1 aromatic carbocycles. The van der Waals surface area contributed by atoms with Crippen LogP contribution in [0.1, 0.15) is 38.2 Å². The van der Waals surface area contributed by atoms with Crippen molar-refractivity contribution in [3.8, 4) is 0 Å². The Morgan fingerprint density at radius 3 is 2.54 bits per heavy atom. The highest BCUT2D eigenvalue weighted by Gasteiger charge is 2.25. The van der Waals surface area contributed by atoms with E-state index in [-0.39, 0.29) is 17.9 Å². The Morgan fingerprint density at radius 1 is 1.17 bits per heavy atom. The molecule has 2 fully saturated rings. The van der Waals surface area contributed by atoms with Gasteiger partial charge in [-0.1, -0.05) is 19.1 Å². The van der Waals surface area contributed by atoms with E-state index in [1.54, 1.807) is 0 Å². The molecule has 1 atom stereocenters. The van der Waals surface area contributed by atoms with Crippen molar-refractivity contribution in [3.63, 3.8) is 0 Å². The van der Waals surface area contributed by atoms with E-state index in [0.717, 1.165) is 57.5 Å². The van der Waals surface area contributed by atoms with Gasteiger partial charge in [0.1, 0.15) is 5.82 Å². The summed E-state index contributed by atoms with van der Waals surface area (Å²) in [6.07, 6.45) is 4.31. The summed E-state index contributed by atoms with van der Waals surface area (Å²) in [5.41, 5.74) is 1.14. The number of urea groups is 1. The highest BCUT2D eigenvalue weighted by atomic mass is 19.1. The third kappa shape index (κ3) is 4.69. The molecule has 2 amide bonds. The normalized spacial score (nSPS) is 23.2. The maximum absolute atomic E-state index is 13.0. The SMILES string of the molecule is C[C@H]1CCCN(C(=O)NC2CCN(Cc3ccc(F)cc3)CC2)C1. The summed E-state index contributed by atoms with van der Waals surface area (Å²) in [5.74, 6) is 0.425. The lowest BCUT2D eigenvalue weighted by Crippen LogP contribution is -2.51. The molecule has 2 saturated heterocycles. The minimum Gasteiger partial charge on any atom is -0.335 e. The number of nitrogens with one attached hydrogen (secondary N) is 1. The van der Waals surface area contributed by atoms with Gasteiger partial charge in [0.2, 0.25) is 0 Å². The van der Waals surface area contributed by atoms with Crippen molar-refractivity contribution in [2.75, 3.05) is 26.2 Å². The highest BCUT2D eigenvalue weighted by Crippen LogP contribution is 2.17. The molecule has 3 rings (SSSR count). The lowest BCUT2D eigenvalue weighted by atomic mass is 10.0. The Hall–Kier alpha value is -1.62. The summed E-state index contributed by atoms with van der Waals surface area (Å²) in [4.78, 5) is 16.7. The van der Waals surface area contributed by atoms with Crippen LogP contribution in [0.5, 0.6) is 0 Å². The van der Waals surface area contributed by atoms with Gasteiger partial charge in [-0.05, 0) is 49.3 Å². The minimum atomic E-state index is -0.188. The van der Waals surface area contributed by atoms with Gasteiger partial charge in [0, 0.05) is 38.8 Å². The fourth-order valence-electron chi connectivity index (χ4n) is 3.72. The zero-order valence-corrected chi connectivity index (χ0v) is 14.5. The zero-order chi connectivity index (χ0) is 16.9. The first-order chi connectivity index (χ1) is 11.6. The molecule has 0 bridgehead atoms. The Bertz CT molecular complexity index is 540. The van der Waals surface area contributed by atoms with E-state index in [1.165, 1.54) is 18.6 Å². The summed E-state index contributed by atoms with van der Waals surface area (Å²) in [5, 5.41) is 3.21. The molecule has 0 spiro atoms. The molecule has 132 valence electrons. The summed E-state index contributed by atoms with van der Waals surface area (Å²) < 4.78 is 13.0. The van der Waals surface area contributed by atoms with Crippen LogP contribution < -0.4 is 5.32 Å². The number of carbonyl (C=O) groups is 1. The van der Waals surface area contributed by atoms with Crippen LogP contribution >= 0.6 is 0 Å². The molecule has 0 aliphatic carbocycles. The van der Waals surface area contributed by atoms with Crippen LogP contribution in [0.2, 0.25) is 0 Å². The third-order valence-electron chi connectivity index (χ3n) is 5.18. The van der Waals surface area contributed by atoms with Gasteiger partial charge in [-0.3, -0.25) is 4.90 Å². The molecule has 0 radical (unpaired) electrons. The monoisotopic (exact) mass is 333 g/mol. The van der Waals surface area contributed by atoms with E-state index >= 15 is 0 Å². The fraction of sp³-hybridized carbons (Fsp3) is 0.632. The van der Waals surface area contributed by atoms with Crippen molar-refractivity contribution in [1.29, 1.82) is 0 Å². The number of hydrogen-bond donors (Lipinski definition) is 1. The van der Waals surface area contributed by atoms with Crippen LogP contribution in [-0.4, -0.2) is 48.1 Å². The number of carbonyl (C=O) groups excluding carboxylic acids is 1. The third-order valence-corrected chi connectivity index (χ3v) is 5.18. The van der Waals surface area contributed by atoms with Crippen molar-refractivity contribution in [1.82, 2.24) is 15.1 Å². The summed E-state index contributed by atoms with van der Waals surface area (Å²) in [6, 6.07) is 7.11. The molecular weight excluding hydrogens is 305 g/mol. The Balaban J connectivity index is 1.41. The van der Waals surface area contributed by atoms with Gasteiger partial charge in [-0.15, -0.1) is 0 Å². The average Bonchev–Trinajstić information content (AvgIpc) is 2.59. The smallest absolute Gasteiger partial charge is 0.317 e. The summed E-state index contributed by atoms with van der Waals surface area (Å²) in [7, 11) is 0. The average molecular weight is 333 g/mol. The molecule has 0 aromatic heterocycles. The van der Waals surface area contributed by atoms with E-state index in [4.69, 9.17) is 0 Å². The molecular formula is C19H28FN3O. The first kappa shape index (κ1) is 17.2. The summed E-state index contributed by atoms with van der Waals surface area (Å²) in [6.45, 7) is 6.78. The second-order valence-electron chi connectivity index (χ2n) is 7.32. The van der Waals surface area contributed by atoms with Crippen molar-refractivity contribution in [2.24, 2.45) is 5.92 Å². The number of likely N-dealkylation sites (tertiary alicyclic amines) is 2. The van der Waals surface area contributed by atoms with Crippen molar-refractivity contribution in [3.05, 3.63) is 35.6 Å². The van der Waals surface area contributed by atoms with Gasteiger partial charge < -0.3 is 10.2 Å². The molecule has 4 nitrogen and oxygen atoms in total. The predicted molar refractivity (Wildman–Crippen MR) is 93.2 cm³/mol. The van der Waals surface area contributed by atoms with Crippen LogP contribution in [0.15, 0.2) is 24.3 Å². The zero-order valence-electron chi connectivity index (χ0n) is 14.5. The molecule has 0 saturated carbocycles. The van der Waals surface area contributed by atoms with E-state index in [2.05, 4.69) is 17.1 Å². The van der Waals surface area contributed by atoms with E-state index < -0.39 is 0 Å². The number of benzene rings is 1. The maximum atomic E-state index is 13.0. The molecule has 24 heavy (non-hydrogen) atoms. The second kappa shape index (κ2) is 7.97. The number of rotatable bonds is 3. The van der Waals surface area contributed by atoms with E-state index in [0.29, 0.717) is 5.92 Å². The van der Waals surface area contributed by atoms with E-state index in [9.17, 15) is 9.18 Å². The Labute approximate surface area is 144 Å². The number of hydrogen-bond acceptors (Lipinski definition) is 2. The lowest BCUT2D eigenvalue weighted by Gasteiger charge is -2.35. The molecule has 0 unspecified atom stereocenters. The standard InChI is InChI=1S/C19H28FN3O/c1-15-3-2-10-23(13-15)19(24)21-18-8-11-22(12-9-18)14-16-4-6-17(20)7-5-16/h4-7,15,18H,2-3,8-14H2,1H3,(H,21,24)/t15-/m0/s1. The predicted octanol–water partition coefficient (Wildman–Crippen LogP) is 3.23. The van der Waals surface area contributed by atoms with Crippen LogP contribution in [0, 0.1) is 11.7 Å². The van der Waals surface area contributed by atoms with Crippen molar-refractivity contribution >= 4 is 6.03 Å². The quantitative estimate of drug-likeness (QED) is 0.922. The second-order valence-corrected chi connectivity index (χ2v) is 7.32. The largest absolute Gasteiger partial charge is 0.335 e. The van der Waals surface area contributed by atoms with Gasteiger partial charge in [0.15, 0.2) is 0 Å². The number of amides is 2. The van der Waals surface area contributed by atoms with Gasteiger partial charge in [0.05, 0.1) is 0 Å². The van der Waals surface area contributed by atoms with Crippen LogP contribution in [0.4, 0.5) is 9.18 Å². The van der Waals surface area contributed by atoms with Crippen LogP contribution in [0.3, 0.4) is 0 Å². The molecule has 2 aliphatic heterocycles. The first-order valence-electron chi connectivity index (χ1n) is 9.12. The molecule has 1 N–H and O–H groups in total. The van der Waals surface area contributed by atoms with Crippen LogP contribution in [0.25, 0.3) is 0 Å². The lowest BCUT2D eigenvalue weighted by molar-refractivity contribution is 0.152. The fourth-order valence-corrected chi connectivity index (χ4v) is 3.72. The molecule has 5 heteroatoms. The minimum absolute atomic E-state index is 0.110. The molecule has 1 aromatic rings. The summed E-state index contributed by atoms with van der Waals surface area (Å²) >= 11 is 0. The van der Waals surface area contributed by atoms with Crippen molar-refractivity contribution in [2.45, 2.75) is 45.2 Å². The molecule has 2 aliphatic rings. The first-order valence-corrected chi connectivity index (χ1v) is 9.12. The Kier molecular flexibility index (Phi) is 5.72. The van der Waals surface area contributed by atoms with Gasteiger partial charge >= 0.3 is 6.03 Å². The highest BCUT2D eigenvalue weighted by molar-refractivity contribution is 5.74. The van der Waals surface area contributed by atoms with E-state index in [1.807, 2.05) is 17.0 Å². The maximum Gasteiger partial charge on any atom is 0.317 e. The van der Waals surface area contributed by atoms with Gasteiger partial charge in [0.25, 0.3) is 0 Å². The van der Waals surface area contributed by atoms with Gasteiger partial charge in [-0.25, -0.2) is 9.18 Å². The number of nitrogens with zero attached hydrogens (tertiary/aromatic N) is 2. The van der Waals surface area contributed by atoms with Crippen LogP contribution in [-0.2, 0) is 6.54 Å². The topological polar surface area (TPSA) is 35.6 Å². The van der Waals surface area contributed by atoms with Gasteiger partial charge in [-0.2, -0.15) is 0 Å². The molecule has 2 heterocycles. The number of piperidine rings is 2.